The Kier molecular flexibility index (Phi) is 4.31. The average molecular weight is 419 g/mol. The molecule has 2 aliphatic heterocycles. The molecule has 2 unspecified atom stereocenters. The molecule has 3 aromatic rings. The number of amides is 1. The first kappa shape index (κ1) is 18.6. The van der Waals surface area contributed by atoms with Crippen molar-refractivity contribution in [1.82, 2.24) is 29.7 Å². The van der Waals surface area contributed by atoms with Crippen LogP contribution in [0.2, 0.25) is 0 Å². The minimum atomic E-state index is 0.0702. The summed E-state index contributed by atoms with van der Waals surface area (Å²) in [6.07, 6.45) is 6.93. The zero-order valence-electron chi connectivity index (χ0n) is 17.6. The van der Waals surface area contributed by atoms with Crippen LogP contribution in [0.3, 0.4) is 0 Å². The van der Waals surface area contributed by atoms with Crippen molar-refractivity contribution in [1.29, 1.82) is 0 Å². The van der Waals surface area contributed by atoms with E-state index in [4.69, 9.17) is 4.98 Å². The van der Waals surface area contributed by atoms with Gasteiger partial charge in [-0.3, -0.25) is 4.79 Å². The van der Waals surface area contributed by atoms with Crippen LogP contribution in [0.4, 0.5) is 17.5 Å². The van der Waals surface area contributed by atoms with Crippen LogP contribution in [0, 0.1) is 0 Å². The number of nitrogens with zero attached hydrogens (tertiary/aromatic N) is 6. The van der Waals surface area contributed by atoms with Crippen LogP contribution >= 0.6 is 0 Å². The summed E-state index contributed by atoms with van der Waals surface area (Å²) in [5.41, 5.74) is 2.66. The van der Waals surface area contributed by atoms with E-state index in [1.807, 2.05) is 30.3 Å². The van der Waals surface area contributed by atoms with Crippen molar-refractivity contribution in [2.75, 3.05) is 43.4 Å². The monoisotopic (exact) mass is 418 g/mol. The van der Waals surface area contributed by atoms with Crippen LogP contribution in [0.5, 0.6) is 0 Å². The first-order chi connectivity index (χ1) is 15.2. The second-order valence-corrected chi connectivity index (χ2v) is 8.62. The molecule has 1 saturated carbocycles. The normalized spacial score (nSPS) is 23.2. The molecule has 1 saturated heterocycles. The SMILES string of the molecule is CN1C(=O)c2cc3cnc(Nc4ccc(N5CCNCC5)cn4)nc3n2C2CCCC21. The molecule has 6 rings (SSSR count). The first-order valence-corrected chi connectivity index (χ1v) is 11.0. The summed E-state index contributed by atoms with van der Waals surface area (Å²) in [7, 11) is 1.92. The van der Waals surface area contributed by atoms with Gasteiger partial charge in [0, 0.05) is 44.8 Å². The number of carbonyl (C=O) groups is 1. The molecule has 0 bridgehead atoms. The molecule has 0 radical (unpaired) electrons. The number of fused-ring (bicyclic) bond motifs is 5. The van der Waals surface area contributed by atoms with Gasteiger partial charge in [-0.05, 0) is 37.5 Å². The lowest BCUT2D eigenvalue weighted by Gasteiger charge is -2.36. The second kappa shape index (κ2) is 7.19. The Morgan fingerprint density at radius 2 is 1.94 bits per heavy atom. The lowest BCUT2D eigenvalue weighted by molar-refractivity contribution is 0.0632. The highest BCUT2D eigenvalue weighted by molar-refractivity contribution is 5.99. The van der Waals surface area contributed by atoms with Crippen LogP contribution in [-0.4, -0.2) is 69.6 Å². The lowest BCUT2D eigenvalue weighted by Crippen LogP contribution is -2.46. The Morgan fingerprint density at radius 1 is 1.10 bits per heavy atom. The average Bonchev–Trinajstić information content (AvgIpc) is 3.43. The lowest BCUT2D eigenvalue weighted by atomic mass is 10.1. The van der Waals surface area contributed by atoms with Gasteiger partial charge in [0.25, 0.3) is 5.91 Å². The second-order valence-electron chi connectivity index (χ2n) is 8.62. The number of hydrogen-bond acceptors (Lipinski definition) is 7. The molecular weight excluding hydrogens is 392 g/mol. The van der Waals surface area contributed by atoms with Gasteiger partial charge < -0.3 is 25.0 Å². The summed E-state index contributed by atoms with van der Waals surface area (Å²) in [6.45, 7) is 3.97. The quantitative estimate of drug-likeness (QED) is 0.673. The highest BCUT2D eigenvalue weighted by Gasteiger charge is 2.41. The molecule has 0 aromatic carbocycles. The molecule has 0 spiro atoms. The Labute approximate surface area is 180 Å². The summed E-state index contributed by atoms with van der Waals surface area (Å²) < 4.78 is 2.14. The van der Waals surface area contributed by atoms with Gasteiger partial charge in [0.05, 0.1) is 24.0 Å². The van der Waals surface area contributed by atoms with Crippen molar-refractivity contribution in [3.05, 3.63) is 36.3 Å². The number of nitrogens with one attached hydrogen (secondary N) is 2. The number of aromatic nitrogens is 4. The molecule has 2 N–H and O–H groups in total. The van der Waals surface area contributed by atoms with Crippen molar-refractivity contribution < 1.29 is 4.79 Å². The van der Waals surface area contributed by atoms with Crippen LogP contribution < -0.4 is 15.5 Å². The molecule has 9 heteroatoms. The fourth-order valence-corrected chi connectivity index (χ4v) is 5.26. The Hall–Kier alpha value is -3.20. The molecule has 1 aliphatic carbocycles. The smallest absolute Gasteiger partial charge is 0.270 e. The largest absolute Gasteiger partial charge is 0.368 e. The van der Waals surface area contributed by atoms with Gasteiger partial charge in [0.15, 0.2) is 0 Å². The summed E-state index contributed by atoms with van der Waals surface area (Å²) >= 11 is 0. The molecule has 3 aliphatic rings. The predicted octanol–water partition coefficient (Wildman–Crippen LogP) is 2.16. The van der Waals surface area contributed by atoms with E-state index in [-0.39, 0.29) is 18.0 Å². The third-order valence-corrected chi connectivity index (χ3v) is 6.86. The summed E-state index contributed by atoms with van der Waals surface area (Å²) in [5, 5.41) is 7.49. The Bertz CT molecular complexity index is 1130. The maximum atomic E-state index is 12.9. The molecule has 1 amide bonds. The third kappa shape index (κ3) is 3.03. The molecule has 2 atom stereocenters. The number of pyridine rings is 1. The van der Waals surface area contributed by atoms with Crippen molar-refractivity contribution >= 4 is 34.4 Å². The maximum Gasteiger partial charge on any atom is 0.270 e. The zero-order valence-corrected chi connectivity index (χ0v) is 17.6. The number of hydrogen-bond donors (Lipinski definition) is 2. The predicted molar refractivity (Wildman–Crippen MR) is 119 cm³/mol. The van der Waals surface area contributed by atoms with Gasteiger partial charge in [-0.1, -0.05) is 0 Å². The van der Waals surface area contributed by atoms with Crippen LogP contribution in [0.15, 0.2) is 30.6 Å². The number of carbonyl (C=O) groups excluding carboxylic acids is 1. The standard InChI is InChI=1S/C22H26N8O/c1-28-16-3-2-4-17(16)30-18(21(28)31)11-14-12-25-22(27-20(14)30)26-19-6-5-15(13-24-19)29-9-7-23-8-10-29/h5-6,11-13,16-17,23H,2-4,7-10H2,1H3,(H,24,25,26,27). The topological polar surface area (TPSA) is 91.2 Å². The molecule has 5 heterocycles. The summed E-state index contributed by atoms with van der Waals surface area (Å²) in [6, 6.07) is 6.50. The van der Waals surface area contributed by atoms with Crippen molar-refractivity contribution in [2.45, 2.75) is 31.3 Å². The van der Waals surface area contributed by atoms with Gasteiger partial charge in [0.1, 0.15) is 17.2 Å². The van der Waals surface area contributed by atoms with E-state index in [1.165, 1.54) is 0 Å². The highest BCUT2D eigenvalue weighted by Crippen LogP contribution is 2.41. The number of rotatable bonds is 3. The fraction of sp³-hybridized carbons (Fsp3) is 0.455. The molecule has 9 nitrogen and oxygen atoms in total. The molecule has 2 fully saturated rings. The number of piperazine rings is 1. The van der Waals surface area contributed by atoms with Gasteiger partial charge in [0.2, 0.25) is 5.95 Å². The van der Waals surface area contributed by atoms with E-state index >= 15 is 0 Å². The van der Waals surface area contributed by atoms with Crippen molar-refractivity contribution in [2.24, 2.45) is 0 Å². The van der Waals surface area contributed by atoms with Gasteiger partial charge >= 0.3 is 0 Å². The fourth-order valence-electron chi connectivity index (χ4n) is 5.26. The van der Waals surface area contributed by atoms with Gasteiger partial charge in [-0.25, -0.2) is 9.97 Å². The van der Waals surface area contributed by atoms with Crippen LogP contribution in [-0.2, 0) is 0 Å². The van der Waals surface area contributed by atoms with Crippen LogP contribution in [0.25, 0.3) is 11.0 Å². The van der Waals surface area contributed by atoms with Crippen molar-refractivity contribution in [3.8, 4) is 0 Å². The summed E-state index contributed by atoms with van der Waals surface area (Å²) in [4.78, 5) is 30.9. The summed E-state index contributed by atoms with van der Waals surface area (Å²) in [5.74, 6) is 1.27. The minimum Gasteiger partial charge on any atom is -0.368 e. The minimum absolute atomic E-state index is 0.0702. The van der Waals surface area contributed by atoms with Gasteiger partial charge in [-0.2, -0.15) is 4.98 Å². The van der Waals surface area contributed by atoms with E-state index in [1.54, 1.807) is 6.20 Å². The molecular formula is C22H26N8O. The van der Waals surface area contributed by atoms with E-state index in [0.29, 0.717) is 17.5 Å². The number of likely N-dealkylation sites (N-methyl/N-ethyl adjacent to an activating group) is 1. The van der Waals surface area contributed by atoms with E-state index in [0.717, 1.165) is 62.2 Å². The van der Waals surface area contributed by atoms with E-state index < -0.39 is 0 Å². The van der Waals surface area contributed by atoms with Crippen LogP contribution in [0.1, 0.15) is 35.8 Å². The molecule has 31 heavy (non-hydrogen) atoms. The van der Waals surface area contributed by atoms with E-state index in [9.17, 15) is 4.79 Å². The third-order valence-electron chi connectivity index (χ3n) is 6.86. The Balaban J connectivity index is 1.30. The van der Waals surface area contributed by atoms with Gasteiger partial charge in [-0.15, -0.1) is 0 Å². The Morgan fingerprint density at radius 3 is 2.74 bits per heavy atom. The highest BCUT2D eigenvalue weighted by atomic mass is 16.2. The zero-order chi connectivity index (χ0) is 20.9. The molecule has 160 valence electrons. The van der Waals surface area contributed by atoms with Crippen molar-refractivity contribution in [3.63, 3.8) is 0 Å². The first-order valence-electron chi connectivity index (χ1n) is 11.0. The maximum absolute atomic E-state index is 12.9. The number of anilines is 3. The van der Waals surface area contributed by atoms with E-state index in [2.05, 4.69) is 36.1 Å². The molecule has 3 aromatic heterocycles.